The normalized spacial score (nSPS) is 13.2. The second-order valence-electron chi connectivity index (χ2n) is 6.17. The standard InChI is InChI=1S/C20H28F3NO/c1-3-5-6-10-16-24(19(25)20(21,22)23)18(11-4-2)15-14-17-12-8-7-9-13-17/h4,7-9,11-13,18H,3,5-6,10,14-16H2,1-2H3/b11-4+/t18-/m1/s1. The first-order chi connectivity index (χ1) is 11.9. The lowest BCUT2D eigenvalue weighted by molar-refractivity contribution is -0.187. The number of carbonyl (C=O) groups is 1. The number of alkyl halides is 3. The van der Waals surface area contributed by atoms with E-state index >= 15 is 0 Å². The van der Waals surface area contributed by atoms with Gasteiger partial charge >= 0.3 is 12.1 Å². The quantitative estimate of drug-likeness (QED) is 0.399. The fourth-order valence-corrected chi connectivity index (χ4v) is 2.83. The van der Waals surface area contributed by atoms with Crippen LogP contribution in [-0.4, -0.2) is 29.6 Å². The highest BCUT2D eigenvalue weighted by Gasteiger charge is 2.43. The Bertz CT molecular complexity index is 525. The average molecular weight is 355 g/mol. The largest absolute Gasteiger partial charge is 0.471 e. The maximum atomic E-state index is 13.0. The molecule has 1 amide bonds. The Morgan fingerprint density at radius 3 is 2.40 bits per heavy atom. The first kappa shape index (κ1) is 21.3. The van der Waals surface area contributed by atoms with Gasteiger partial charge in [-0.1, -0.05) is 68.7 Å². The fourth-order valence-electron chi connectivity index (χ4n) is 2.83. The Hall–Kier alpha value is -1.78. The van der Waals surface area contributed by atoms with Gasteiger partial charge in [0.05, 0.1) is 6.04 Å². The number of benzene rings is 1. The molecule has 0 aliphatic heterocycles. The van der Waals surface area contributed by atoms with Gasteiger partial charge in [-0.2, -0.15) is 13.2 Å². The van der Waals surface area contributed by atoms with Gasteiger partial charge in [0.1, 0.15) is 0 Å². The molecule has 140 valence electrons. The van der Waals surface area contributed by atoms with Crippen LogP contribution in [0.4, 0.5) is 13.2 Å². The summed E-state index contributed by atoms with van der Waals surface area (Å²) in [7, 11) is 0. The summed E-state index contributed by atoms with van der Waals surface area (Å²) in [5.41, 5.74) is 1.06. The van der Waals surface area contributed by atoms with Crippen LogP contribution in [0.25, 0.3) is 0 Å². The molecule has 0 saturated heterocycles. The van der Waals surface area contributed by atoms with Crippen LogP contribution in [0, 0.1) is 0 Å². The summed E-state index contributed by atoms with van der Waals surface area (Å²) in [6, 6.07) is 9.07. The molecule has 0 radical (unpaired) electrons. The second-order valence-corrected chi connectivity index (χ2v) is 6.17. The Balaban J connectivity index is 2.85. The van der Waals surface area contributed by atoms with Gasteiger partial charge in [-0.05, 0) is 31.7 Å². The number of allylic oxidation sites excluding steroid dienone is 1. The van der Waals surface area contributed by atoms with Gasteiger partial charge in [0.15, 0.2) is 0 Å². The van der Waals surface area contributed by atoms with Crippen LogP contribution in [0.2, 0.25) is 0 Å². The van der Waals surface area contributed by atoms with E-state index in [9.17, 15) is 18.0 Å². The van der Waals surface area contributed by atoms with E-state index in [4.69, 9.17) is 0 Å². The van der Waals surface area contributed by atoms with Crippen molar-refractivity contribution in [2.45, 2.75) is 64.6 Å². The molecule has 0 N–H and O–H groups in total. The van der Waals surface area contributed by atoms with E-state index in [-0.39, 0.29) is 6.54 Å². The second kappa shape index (κ2) is 11.0. The Labute approximate surface area is 148 Å². The molecule has 5 heteroatoms. The summed E-state index contributed by atoms with van der Waals surface area (Å²) in [4.78, 5) is 12.9. The number of carbonyl (C=O) groups excluding carboxylic acids is 1. The van der Waals surface area contributed by atoms with Gasteiger partial charge in [0, 0.05) is 6.54 Å². The van der Waals surface area contributed by atoms with E-state index in [1.165, 1.54) is 0 Å². The van der Waals surface area contributed by atoms with E-state index in [0.717, 1.165) is 29.7 Å². The van der Waals surface area contributed by atoms with E-state index in [1.54, 1.807) is 19.1 Å². The molecule has 0 saturated carbocycles. The van der Waals surface area contributed by atoms with Crippen molar-refractivity contribution >= 4 is 5.91 Å². The molecule has 0 bridgehead atoms. The van der Waals surface area contributed by atoms with Crippen molar-refractivity contribution in [1.82, 2.24) is 4.90 Å². The van der Waals surface area contributed by atoms with Gasteiger partial charge in [0.25, 0.3) is 0 Å². The number of hydrogen-bond acceptors (Lipinski definition) is 1. The van der Waals surface area contributed by atoms with Crippen LogP contribution in [0.15, 0.2) is 42.5 Å². The number of halogens is 3. The topological polar surface area (TPSA) is 20.3 Å². The summed E-state index contributed by atoms with van der Waals surface area (Å²) in [6.07, 6.45) is 3.08. The molecule has 0 fully saturated rings. The van der Waals surface area contributed by atoms with Gasteiger partial charge in [-0.15, -0.1) is 0 Å². The van der Waals surface area contributed by atoms with Crippen LogP contribution < -0.4 is 0 Å². The average Bonchev–Trinajstić information content (AvgIpc) is 2.59. The summed E-state index contributed by atoms with van der Waals surface area (Å²) in [5, 5.41) is 0. The summed E-state index contributed by atoms with van der Waals surface area (Å²) >= 11 is 0. The van der Waals surface area contributed by atoms with Gasteiger partial charge in [-0.3, -0.25) is 4.79 Å². The van der Waals surface area contributed by atoms with Gasteiger partial charge < -0.3 is 4.90 Å². The monoisotopic (exact) mass is 355 g/mol. The number of hydrogen-bond donors (Lipinski definition) is 0. The van der Waals surface area contributed by atoms with Crippen LogP contribution in [0.3, 0.4) is 0 Å². The van der Waals surface area contributed by atoms with E-state index in [2.05, 4.69) is 0 Å². The maximum Gasteiger partial charge on any atom is 0.471 e. The zero-order valence-electron chi connectivity index (χ0n) is 15.1. The van der Waals surface area contributed by atoms with Crippen molar-refractivity contribution in [1.29, 1.82) is 0 Å². The lowest BCUT2D eigenvalue weighted by atomic mass is 10.0. The van der Waals surface area contributed by atoms with Gasteiger partial charge in [0.2, 0.25) is 0 Å². The van der Waals surface area contributed by atoms with Crippen molar-refractivity contribution in [3.63, 3.8) is 0 Å². The Kier molecular flexibility index (Phi) is 9.32. The summed E-state index contributed by atoms with van der Waals surface area (Å²) in [5.74, 6) is -1.74. The predicted molar refractivity (Wildman–Crippen MR) is 95.3 cm³/mol. The van der Waals surface area contributed by atoms with Crippen LogP contribution in [0.5, 0.6) is 0 Å². The fraction of sp³-hybridized carbons (Fsp3) is 0.550. The molecule has 1 aromatic carbocycles. The predicted octanol–water partition coefficient (Wildman–Crippen LogP) is 5.54. The minimum absolute atomic E-state index is 0.141. The number of nitrogens with zero attached hydrogens (tertiary/aromatic N) is 1. The van der Waals surface area contributed by atoms with Crippen LogP contribution in [-0.2, 0) is 11.2 Å². The molecule has 0 unspecified atom stereocenters. The molecule has 0 aliphatic rings. The third-order valence-corrected chi connectivity index (χ3v) is 4.14. The highest BCUT2D eigenvalue weighted by atomic mass is 19.4. The molecule has 0 heterocycles. The van der Waals surface area contributed by atoms with E-state index < -0.39 is 18.1 Å². The van der Waals surface area contributed by atoms with Crippen LogP contribution in [0.1, 0.15) is 51.5 Å². The first-order valence-electron chi connectivity index (χ1n) is 8.94. The van der Waals surface area contributed by atoms with E-state index in [1.807, 2.05) is 37.3 Å². The molecular formula is C20H28F3NO. The number of rotatable bonds is 10. The Morgan fingerprint density at radius 1 is 1.16 bits per heavy atom. The third-order valence-electron chi connectivity index (χ3n) is 4.14. The molecule has 0 spiro atoms. The molecule has 1 aromatic rings. The third kappa shape index (κ3) is 7.76. The van der Waals surface area contributed by atoms with Crippen molar-refractivity contribution in [2.24, 2.45) is 0 Å². The molecule has 2 nitrogen and oxygen atoms in total. The lowest BCUT2D eigenvalue weighted by Crippen LogP contribution is -2.47. The smallest absolute Gasteiger partial charge is 0.328 e. The minimum Gasteiger partial charge on any atom is -0.328 e. The molecule has 0 aromatic heterocycles. The SMILES string of the molecule is C/C=C/[C@H](CCc1ccccc1)N(CCCCCC)C(=O)C(F)(F)F. The van der Waals surface area contributed by atoms with Crippen molar-refractivity contribution < 1.29 is 18.0 Å². The molecular weight excluding hydrogens is 327 g/mol. The first-order valence-corrected chi connectivity index (χ1v) is 8.94. The number of aryl methyl sites for hydroxylation is 1. The zero-order valence-corrected chi connectivity index (χ0v) is 15.1. The molecule has 1 rings (SSSR count). The van der Waals surface area contributed by atoms with Crippen molar-refractivity contribution in [3.8, 4) is 0 Å². The summed E-state index contributed by atoms with van der Waals surface area (Å²) < 4.78 is 39.1. The zero-order chi connectivity index (χ0) is 18.7. The van der Waals surface area contributed by atoms with E-state index in [0.29, 0.717) is 19.3 Å². The van der Waals surface area contributed by atoms with Crippen molar-refractivity contribution in [3.05, 3.63) is 48.0 Å². The highest BCUT2D eigenvalue weighted by Crippen LogP contribution is 2.23. The number of amides is 1. The highest BCUT2D eigenvalue weighted by molar-refractivity contribution is 5.82. The lowest BCUT2D eigenvalue weighted by Gasteiger charge is -2.31. The van der Waals surface area contributed by atoms with Crippen molar-refractivity contribution in [2.75, 3.05) is 6.54 Å². The van der Waals surface area contributed by atoms with Crippen LogP contribution >= 0.6 is 0 Å². The molecule has 0 aliphatic carbocycles. The number of unbranched alkanes of at least 4 members (excludes halogenated alkanes) is 3. The molecule has 25 heavy (non-hydrogen) atoms. The maximum absolute atomic E-state index is 13.0. The van der Waals surface area contributed by atoms with Gasteiger partial charge in [-0.25, -0.2) is 0 Å². The molecule has 1 atom stereocenters. The summed E-state index contributed by atoms with van der Waals surface area (Å²) in [6.45, 7) is 3.95. The minimum atomic E-state index is -4.84. The Morgan fingerprint density at radius 2 is 1.84 bits per heavy atom.